The number of fused-ring (bicyclic) bond motifs is 1. The van der Waals surface area contributed by atoms with E-state index in [-0.39, 0.29) is 22.0 Å². The summed E-state index contributed by atoms with van der Waals surface area (Å²) in [7, 11) is -3.77. The van der Waals surface area contributed by atoms with Crippen LogP contribution in [-0.4, -0.2) is 52.8 Å². The molecule has 1 saturated heterocycles. The maximum Gasteiger partial charge on any atom is 0.232 e. The van der Waals surface area contributed by atoms with Gasteiger partial charge in [0.25, 0.3) is 0 Å². The highest BCUT2D eigenvalue weighted by molar-refractivity contribution is 7.92. The molecule has 12 heteroatoms. The van der Waals surface area contributed by atoms with Gasteiger partial charge in [-0.05, 0) is 50.6 Å². The number of piperidine rings is 1. The minimum absolute atomic E-state index is 0.123. The van der Waals surface area contributed by atoms with Crippen LogP contribution in [0.4, 0.5) is 10.1 Å². The summed E-state index contributed by atoms with van der Waals surface area (Å²) in [6.45, 7) is 3.59. The van der Waals surface area contributed by atoms with Gasteiger partial charge in [-0.15, -0.1) is 0 Å². The average Bonchev–Trinajstić information content (AvgIpc) is 3.53. The van der Waals surface area contributed by atoms with E-state index < -0.39 is 27.2 Å². The number of hydrogen-bond acceptors (Lipinski definition) is 6. The highest BCUT2D eigenvalue weighted by Crippen LogP contribution is 2.32. The Labute approximate surface area is 218 Å². The second-order valence-corrected chi connectivity index (χ2v) is 11.3. The molecule has 0 aliphatic carbocycles. The SMILES string of the molecule is CCCS(=O)(=O)Nc1ccc(Cl)c(C(=O)c2c[nH]c3ncc(-c4cnn(C5CCNCC5)c4)cc23)c1F. The third kappa shape index (κ3) is 5.11. The zero-order chi connectivity index (χ0) is 26.2. The van der Waals surface area contributed by atoms with Crippen LogP contribution < -0.4 is 10.0 Å². The van der Waals surface area contributed by atoms with Crippen LogP contribution in [0.3, 0.4) is 0 Å². The van der Waals surface area contributed by atoms with Crippen molar-refractivity contribution in [2.45, 2.75) is 32.2 Å². The third-order valence-corrected chi connectivity index (χ3v) is 8.24. The van der Waals surface area contributed by atoms with Gasteiger partial charge in [-0.1, -0.05) is 18.5 Å². The summed E-state index contributed by atoms with van der Waals surface area (Å²) >= 11 is 6.22. The first-order valence-electron chi connectivity index (χ1n) is 12.0. The summed E-state index contributed by atoms with van der Waals surface area (Å²) < 4.78 is 43.9. The van der Waals surface area contributed by atoms with E-state index >= 15 is 4.39 Å². The Morgan fingerprint density at radius 1 is 1.24 bits per heavy atom. The lowest BCUT2D eigenvalue weighted by Crippen LogP contribution is -2.29. The van der Waals surface area contributed by atoms with Crippen LogP contribution in [0.5, 0.6) is 0 Å². The lowest BCUT2D eigenvalue weighted by atomic mass is 10.0. The van der Waals surface area contributed by atoms with Crippen LogP contribution in [0, 0.1) is 5.82 Å². The minimum Gasteiger partial charge on any atom is -0.345 e. The fourth-order valence-corrected chi connectivity index (χ4v) is 5.93. The molecule has 4 heterocycles. The Balaban J connectivity index is 1.49. The zero-order valence-corrected chi connectivity index (χ0v) is 21.7. The molecular formula is C25H26ClFN6O3S. The summed E-state index contributed by atoms with van der Waals surface area (Å²) in [6.07, 6.45) is 9.22. The number of nitrogens with one attached hydrogen (secondary N) is 3. The molecule has 3 N–H and O–H groups in total. The lowest BCUT2D eigenvalue weighted by molar-refractivity contribution is 0.103. The molecule has 5 rings (SSSR count). The van der Waals surface area contributed by atoms with Gasteiger partial charge in [-0.3, -0.25) is 14.2 Å². The Kier molecular flexibility index (Phi) is 7.02. The van der Waals surface area contributed by atoms with Gasteiger partial charge >= 0.3 is 0 Å². The third-order valence-electron chi connectivity index (χ3n) is 6.45. The van der Waals surface area contributed by atoms with Crippen molar-refractivity contribution >= 4 is 44.1 Å². The number of pyridine rings is 1. The Hall–Kier alpha value is -3.28. The van der Waals surface area contributed by atoms with Crippen molar-refractivity contribution in [1.82, 2.24) is 25.1 Å². The molecule has 0 atom stereocenters. The molecular weight excluding hydrogens is 519 g/mol. The molecule has 37 heavy (non-hydrogen) atoms. The molecule has 3 aromatic heterocycles. The van der Waals surface area contributed by atoms with Crippen molar-refractivity contribution in [3.8, 4) is 11.1 Å². The number of ketones is 1. The van der Waals surface area contributed by atoms with Crippen molar-refractivity contribution in [3.05, 3.63) is 65.0 Å². The number of sulfonamides is 1. The number of benzene rings is 1. The number of halogens is 2. The Morgan fingerprint density at radius 2 is 2.03 bits per heavy atom. The first-order chi connectivity index (χ1) is 17.8. The molecule has 9 nitrogen and oxygen atoms in total. The molecule has 1 aliphatic rings. The number of nitrogens with zero attached hydrogens (tertiary/aromatic N) is 3. The fourth-order valence-electron chi connectivity index (χ4n) is 4.57. The summed E-state index contributed by atoms with van der Waals surface area (Å²) in [6, 6.07) is 4.63. The second-order valence-electron chi connectivity index (χ2n) is 9.05. The quantitative estimate of drug-likeness (QED) is 0.280. The number of aromatic nitrogens is 4. The van der Waals surface area contributed by atoms with E-state index in [2.05, 4.69) is 25.1 Å². The van der Waals surface area contributed by atoms with Gasteiger partial charge in [0.1, 0.15) is 5.65 Å². The predicted molar refractivity (Wildman–Crippen MR) is 141 cm³/mol. The van der Waals surface area contributed by atoms with E-state index in [1.807, 2.05) is 10.9 Å². The number of H-pyrrole nitrogens is 1. The smallest absolute Gasteiger partial charge is 0.232 e. The summed E-state index contributed by atoms with van der Waals surface area (Å²) in [4.78, 5) is 20.9. The van der Waals surface area contributed by atoms with Gasteiger partial charge in [0.05, 0.1) is 34.3 Å². The monoisotopic (exact) mass is 544 g/mol. The van der Waals surface area contributed by atoms with Crippen LogP contribution >= 0.6 is 11.6 Å². The molecule has 0 amide bonds. The average molecular weight is 545 g/mol. The number of carbonyl (C=O) groups is 1. The number of rotatable bonds is 8. The van der Waals surface area contributed by atoms with Crippen LogP contribution in [0.15, 0.2) is 43.0 Å². The Morgan fingerprint density at radius 3 is 2.78 bits per heavy atom. The van der Waals surface area contributed by atoms with Gasteiger partial charge in [-0.2, -0.15) is 5.10 Å². The van der Waals surface area contributed by atoms with E-state index in [0.29, 0.717) is 23.5 Å². The maximum atomic E-state index is 15.4. The highest BCUT2D eigenvalue weighted by Gasteiger charge is 2.25. The second kappa shape index (κ2) is 10.2. The van der Waals surface area contributed by atoms with E-state index in [9.17, 15) is 13.2 Å². The molecule has 0 unspecified atom stereocenters. The lowest BCUT2D eigenvalue weighted by Gasteiger charge is -2.22. The first-order valence-corrected chi connectivity index (χ1v) is 14.1. The molecule has 0 saturated carbocycles. The van der Waals surface area contributed by atoms with Gasteiger partial charge in [0.15, 0.2) is 11.6 Å². The molecule has 1 aromatic carbocycles. The first kappa shape index (κ1) is 25.4. The summed E-state index contributed by atoms with van der Waals surface area (Å²) in [5.41, 5.74) is 1.49. The zero-order valence-electron chi connectivity index (χ0n) is 20.1. The normalized spacial score (nSPS) is 14.8. The topological polar surface area (TPSA) is 122 Å². The molecule has 194 valence electrons. The maximum absolute atomic E-state index is 15.4. The van der Waals surface area contributed by atoms with Crippen molar-refractivity contribution < 1.29 is 17.6 Å². The van der Waals surface area contributed by atoms with Crippen LogP contribution in [0.2, 0.25) is 5.02 Å². The molecule has 1 fully saturated rings. The van der Waals surface area contributed by atoms with Crippen LogP contribution in [0.25, 0.3) is 22.2 Å². The van der Waals surface area contributed by atoms with Crippen molar-refractivity contribution in [1.29, 1.82) is 0 Å². The number of hydrogen-bond donors (Lipinski definition) is 3. The molecule has 0 radical (unpaired) electrons. The molecule has 4 aromatic rings. The van der Waals surface area contributed by atoms with Gasteiger partial charge in [-0.25, -0.2) is 17.8 Å². The minimum atomic E-state index is -3.77. The highest BCUT2D eigenvalue weighted by atomic mass is 35.5. The largest absolute Gasteiger partial charge is 0.345 e. The van der Waals surface area contributed by atoms with E-state index in [1.165, 1.54) is 18.3 Å². The molecule has 0 bridgehead atoms. The van der Waals surface area contributed by atoms with Gasteiger partial charge in [0.2, 0.25) is 10.0 Å². The van der Waals surface area contributed by atoms with E-state index in [4.69, 9.17) is 11.6 Å². The summed E-state index contributed by atoms with van der Waals surface area (Å²) in [5.74, 6) is -1.89. The standard InChI is InChI=1S/C25H26ClFN6O3S/c1-2-9-37(35,36)32-21-4-3-20(26)22(23(21)27)24(34)19-13-30-25-18(19)10-15(11-29-25)16-12-31-33(14-16)17-5-7-28-8-6-17/h3-4,10-14,17,28,32H,2,5-9H2,1H3,(H,29,30). The number of carbonyl (C=O) groups excluding carboxylic acids is 1. The van der Waals surface area contributed by atoms with E-state index in [0.717, 1.165) is 37.1 Å². The van der Waals surface area contributed by atoms with Gasteiger partial charge in [0, 0.05) is 40.7 Å². The van der Waals surface area contributed by atoms with Crippen molar-refractivity contribution in [2.24, 2.45) is 0 Å². The fraction of sp³-hybridized carbons (Fsp3) is 0.320. The summed E-state index contributed by atoms with van der Waals surface area (Å²) in [5, 5.41) is 8.24. The predicted octanol–water partition coefficient (Wildman–Crippen LogP) is 4.53. The van der Waals surface area contributed by atoms with Crippen molar-refractivity contribution in [3.63, 3.8) is 0 Å². The molecule has 1 aliphatic heterocycles. The van der Waals surface area contributed by atoms with Crippen molar-refractivity contribution in [2.75, 3.05) is 23.6 Å². The van der Waals surface area contributed by atoms with E-state index in [1.54, 1.807) is 25.4 Å². The number of aromatic amines is 1. The number of anilines is 1. The van der Waals surface area contributed by atoms with Gasteiger partial charge < -0.3 is 10.3 Å². The van der Waals surface area contributed by atoms with Crippen LogP contribution in [-0.2, 0) is 10.0 Å². The van der Waals surface area contributed by atoms with Crippen LogP contribution in [0.1, 0.15) is 48.1 Å². The molecule has 0 spiro atoms. The Bertz CT molecular complexity index is 1580.